The Morgan fingerprint density at radius 2 is 1.79 bits per heavy atom. The van der Waals surface area contributed by atoms with Crippen LogP contribution in [-0.2, 0) is 6.42 Å². The number of anilines is 1. The molecule has 0 bridgehead atoms. The van der Waals surface area contributed by atoms with Crippen LogP contribution in [0.5, 0.6) is 0 Å². The molecule has 0 radical (unpaired) electrons. The Balaban J connectivity index is 2.34. The summed E-state index contributed by atoms with van der Waals surface area (Å²) in [5, 5.41) is 0. The summed E-state index contributed by atoms with van der Waals surface area (Å²) in [4.78, 5) is 12.1. The molecular weight excluding hydrogens is 248 g/mol. The van der Waals surface area contributed by atoms with Crippen LogP contribution in [0.3, 0.4) is 0 Å². The second-order valence-electron chi connectivity index (χ2n) is 4.39. The standard InChI is InChI=1S/C15H13F2NO/c1-9-5-6-14(18)11(7-9)15(19)8-10-12(16)3-2-4-13(10)17/h2-7H,8,18H2,1H3. The molecule has 0 fully saturated rings. The van der Waals surface area contributed by atoms with Crippen LogP contribution in [0.25, 0.3) is 0 Å². The fourth-order valence-corrected chi connectivity index (χ4v) is 1.87. The van der Waals surface area contributed by atoms with Crippen LogP contribution in [0.2, 0.25) is 0 Å². The number of hydrogen-bond acceptors (Lipinski definition) is 2. The van der Waals surface area contributed by atoms with Crippen molar-refractivity contribution in [3.05, 3.63) is 64.7 Å². The normalized spacial score (nSPS) is 10.5. The van der Waals surface area contributed by atoms with E-state index in [1.54, 1.807) is 18.2 Å². The van der Waals surface area contributed by atoms with Crippen molar-refractivity contribution in [1.29, 1.82) is 0 Å². The predicted octanol–water partition coefficient (Wildman–Crippen LogP) is 3.28. The van der Waals surface area contributed by atoms with E-state index < -0.39 is 17.4 Å². The topological polar surface area (TPSA) is 43.1 Å². The molecule has 4 heteroatoms. The number of Topliss-reactive ketones (excluding diaryl/α,β-unsaturated/α-hetero) is 1. The summed E-state index contributed by atoms with van der Waals surface area (Å²) in [7, 11) is 0. The maximum Gasteiger partial charge on any atom is 0.169 e. The summed E-state index contributed by atoms with van der Waals surface area (Å²) < 4.78 is 27.0. The highest BCUT2D eigenvalue weighted by molar-refractivity contribution is 6.02. The van der Waals surface area contributed by atoms with E-state index in [4.69, 9.17) is 5.73 Å². The first-order valence-electron chi connectivity index (χ1n) is 5.81. The summed E-state index contributed by atoms with van der Waals surface area (Å²) in [6.45, 7) is 1.82. The number of nitrogen functional groups attached to an aromatic ring is 1. The van der Waals surface area contributed by atoms with E-state index in [0.29, 0.717) is 11.3 Å². The molecule has 0 saturated heterocycles. The molecule has 0 aliphatic heterocycles. The minimum absolute atomic E-state index is 0.228. The van der Waals surface area contributed by atoms with E-state index in [1.165, 1.54) is 6.07 Å². The molecule has 2 rings (SSSR count). The summed E-state index contributed by atoms with van der Waals surface area (Å²) in [5.41, 5.74) is 6.96. The van der Waals surface area contributed by atoms with E-state index in [9.17, 15) is 13.6 Å². The van der Waals surface area contributed by atoms with Crippen molar-refractivity contribution in [2.24, 2.45) is 0 Å². The Morgan fingerprint density at radius 3 is 2.42 bits per heavy atom. The van der Waals surface area contributed by atoms with Gasteiger partial charge in [0.1, 0.15) is 11.6 Å². The molecule has 2 aromatic carbocycles. The van der Waals surface area contributed by atoms with Crippen LogP contribution < -0.4 is 5.73 Å². The number of hydrogen-bond donors (Lipinski definition) is 1. The molecule has 0 aliphatic carbocycles. The molecule has 0 saturated carbocycles. The third-order valence-corrected chi connectivity index (χ3v) is 2.91. The van der Waals surface area contributed by atoms with Gasteiger partial charge in [-0.2, -0.15) is 0 Å². The van der Waals surface area contributed by atoms with Crippen molar-refractivity contribution in [3.63, 3.8) is 0 Å². The van der Waals surface area contributed by atoms with Gasteiger partial charge >= 0.3 is 0 Å². The smallest absolute Gasteiger partial charge is 0.169 e. The molecule has 0 unspecified atom stereocenters. The van der Waals surface area contributed by atoms with Crippen LogP contribution >= 0.6 is 0 Å². The van der Waals surface area contributed by atoms with Crippen LogP contribution in [0.1, 0.15) is 21.5 Å². The second-order valence-corrected chi connectivity index (χ2v) is 4.39. The zero-order valence-corrected chi connectivity index (χ0v) is 10.4. The van der Waals surface area contributed by atoms with Crippen LogP contribution in [0.15, 0.2) is 36.4 Å². The average Bonchev–Trinajstić information content (AvgIpc) is 2.37. The van der Waals surface area contributed by atoms with Crippen LogP contribution in [-0.4, -0.2) is 5.78 Å². The first-order chi connectivity index (χ1) is 8.99. The third kappa shape index (κ3) is 2.78. The molecule has 0 atom stereocenters. The first kappa shape index (κ1) is 13.2. The van der Waals surface area contributed by atoms with Gasteiger partial charge in [-0.05, 0) is 31.2 Å². The highest BCUT2D eigenvalue weighted by atomic mass is 19.1. The van der Waals surface area contributed by atoms with Gasteiger partial charge in [0.05, 0.1) is 0 Å². The molecule has 2 aromatic rings. The summed E-state index contributed by atoms with van der Waals surface area (Å²) in [5.74, 6) is -1.84. The molecule has 0 aliphatic rings. The number of benzene rings is 2. The molecule has 0 spiro atoms. The van der Waals surface area contributed by atoms with Crippen LogP contribution in [0.4, 0.5) is 14.5 Å². The summed E-state index contributed by atoms with van der Waals surface area (Å²) >= 11 is 0. The number of carbonyl (C=O) groups is 1. The minimum Gasteiger partial charge on any atom is -0.398 e. The second kappa shape index (κ2) is 5.18. The Labute approximate surface area is 109 Å². The number of halogens is 2. The van der Waals surface area contributed by atoms with Gasteiger partial charge < -0.3 is 5.73 Å². The van der Waals surface area contributed by atoms with Gasteiger partial charge in [0.25, 0.3) is 0 Å². The molecule has 0 aromatic heterocycles. The van der Waals surface area contributed by atoms with E-state index in [-0.39, 0.29) is 12.0 Å². The van der Waals surface area contributed by atoms with Gasteiger partial charge in [0, 0.05) is 23.2 Å². The van der Waals surface area contributed by atoms with Gasteiger partial charge in [-0.25, -0.2) is 8.78 Å². The average molecular weight is 261 g/mol. The van der Waals surface area contributed by atoms with Gasteiger partial charge in [0.15, 0.2) is 5.78 Å². The van der Waals surface area contributed by atoms with Crippen molar-refractivity contribution in [2.75, 3.05) is 5.73 Å². The fraction of sp³-hybridized carbons (Fsp3) is 0.133. The van der Waals surface area contributed by atoms with E-state index in [1.807, 2.05) is 6.92 Å². The largest absolute Gasteiger partial charge is 0.398 e. The van der Waals surface area contributed by atoms with Crippen molar-refractivity contribution in [1.82, 2.24) is 0 Å². The van der Waals surface area contributed by atoms with Crippen molar-refractivity contribution in [3.8, 4) is 0 Å². The van der Waals surface area contributed by atoms with Crippen LogP contribution in [0, 0.1) is 18.6 Å². The van der Waals surface area contributed by atoms with Crippen molar-refractivity contribution < 1.29 is 13.6 Å². The molecule has 2 nitrogen and oxygen atoms in total. The lowest BCUT2D eigenvalue weighted by atomic mass is 9.99. The first-order valence-corrected chi connectivity index (χ1v) is 5.81. The van der Waals surface area contributed by atoms with Gasteiger partial charge in [-0.1, -0.05) is 17.7 Å². The number of aryl methyl sites for hydroxylation is 1. The van der Waals surface area contributed by atoms with Gasteiger partial charge in [0.2, 0.25) is 0 Å². The molecule has 19 heavy (non-hydrogen) atoms. The van der Waals surface area contributed by atoms with Gasteiger partial charge in [-0.15, -0.1) is 0 Å². The lowest BCUT2D eigenvalue weighted by Crippen LogP contribution is -2.10. The van der Waals surface area contributed by atoms with E-state index in [0.717, 1.165) is 17.7 Å². The van der Waals surface area contributed by atoms with Crippen molar-refractivity contribution in [2.45, 2.75) is 13.3 Å². The molecule has 98 valence electrons. The number of rotatable bonds is 3. The molecule has 0 heterocycles. The zero-order valence-electron chi connectivity index (χ0n) is 10.4. The Kier molecular flexibility index (Phi) is 3.60. The summed E-state index contributed by atoms with van der Waals surface area (Å²) in [6.07, 6.45) is -0.341. The Bertz CT molecular complexity index is 618. The number of carbonyl (C=O) groups excluding carboxylic acids is 1. The maximum atomic E-state index is 13.5. The lowest BCUT2D eigenvalue weighted by molar-refractivity contribution is 0.0991. The summed E-state index contributed by atoms with van der Waals surface area (Å²) in [6, 6.07) is 8.53. The highest BCUT2D eigenvalue weighted by Crippen LogP contribution is 2.19. The number of ketones is 1. The number of nitrogens with two attached hydrogens (primary N) is 1. The van der Waals surface area contributed by atoms with E-state index >= 15 is 0 Å². The molecule has 0 amide bonds. The quantitative estimate of drug-likeness (QED) is 0.680. The molecular formula is C15H13F2NO. The van der Waals surface area contributed by atoms with Gasteiger partial charge in [-0.3, -0.25) is 4.79 Å². The monoisotopic (exact) mass is 261 g/mol. The van der Waals surface area contributed by atoms with E-state index in [2.05, 4.69) is 0 Å². The SMILES string of the molecule is Cc1ccc(N)c(C(=O)Cc2c(F)cccc2F)c1. The highest BCUT2D eigenvalue weighted by Gasteiger charge is 2.16. The lowest BCUT2D eigenvalue weighted by Gasteiger charge is -2.07. The maximum absolute atomic E-state index is 13.5. The Morgan fingerprint density at radius 1 is 1.16 bits per heavy atom. The Hall–Kier alpha value is -2.23. The minimum atomic E-state index is -0.723. The molecule has 2 N–H and O–H groups in total. The predicted molar refractivity (Wildman–Crippen MR) is 70.0 cm³/mol. The fourth-order valence-electron chi connectivity index (χ4n) is 1.87. The van der Waals surface area contributed by atoms with Crippen molar-refractivity contribution >= 4 is 11.5 Å². The zero-order chi connectivity index (χ0) is 14.0. The third-order valence-electron chi connectivity index (χ3n) is 2.91.